The predicted molar refractivity (Wildman–Crippen MR) is 133 cm³/mol. The van der Waals surface area contributed by atoms with Crippen molar-refractivity contribution >= 4 is 27.0 Å². The van der Waals surface area contributed by atoms with Gasteiger partial charge in [0.2, 0.25) is 10.0 Å². The van der Waals surface area contributed by atoms with Crippen molar-refractivity contribution in [2.24, 2.45) is 7.05 Å². The van der Waals surface area contributed by atoms with Crippen molar-refractivity contribution < 1.29 is 17.9 Å². The van der Waals surface area contributed by atoms with Gasteiger partial charge in [0.05, 0.1) is 18.1 Å². The number of aryl methyl sites for hydroxylation is 1. The summed E-state index contributed by atoms with van der Waals surface area (Å²) in [7, 11) is -0.508. The second kappa shape index (κ2) is 9.16. The summed E-state index contributed by atoms with van der Waals surface area (Å²) in [5.74, 6) is 0.434. The normalized spacial score (nSPS) is 14.6. The molecule has 5 rings (SSSR count). The lowest BCUT2D eigenvalue weighted by molar-refractivity contribution is 0.0941. The number of carbonyl (C=O) groups is 1. The summed E-state index contributed by atoms with van der Waals surface area (Å²) in [6, 6.07) is 21.1. The number of fused-ring (bicyclic) bond motifs is 1. The zero-order valence-corrected chi connectivity index (χ0v) is 20.2. The molecular formula is C26H26N4O4S. The molecule has 9 heteroatoms. The number of amides is 1. The lowest BCUT2D eigenvalue weighted by Gasteiger charge is -2.20. The molecule has 35 heavy (non-hydrogen) atoms. The van der Waals surface area contributed by atoms with Crippen LogP contribution in [0.4, 0.5) is 0 Å². The minimum Gasteiger partial charge on any atom is -0.495 e. The van der Waals surface area contributed by atoms with Crippen molar-refractivity contribution in [2.75, 3.05) is 7.11 Å². The molecule has 1 heterocycles. The lowest BCUT2D eigenvalue weighted by atomic mass is 10.1. The average molecular weight is 491 g/mol. The number of benzene rings is 3. The highest BCUT2D eigenvalue weighted by Crippen LogP contribution is 2.29. The minimum absolute atomic E-state index is 0.0569. The Bertz CT molecular complexity index is 1490. The van der Waals surface area contributed by atoms with Gasteiger partial charge in [-0.2, -0.15) is 0 Å². The van der Waals surface area contributed by atoms with Crippen LogP contribution >= 0.6 is 0 Å². The molecular weight excluding hydrogens is 464 g/mol. The number of aromatic nitrogens is 2. The third kappa shape index (κ3) is 4.65. The van der Waals surface area contributed by atoms with Gasteiger partial charge in [0.15, 0.2) is 0 Å². The van der Waals surface area contributed by atoms with Crippen molar-refractivity contribution in [3.8, 4) is 5.75 Å². The first-order valence-corrected chi connectivity index (χ1v) is 12.8. The molecule has 4 aromatic rings. The Hall–Kier alpha value is -3.69. The summed E-state index contributed by atoms with van der Waals surface area (Å²) in [6.07, 6.45) is 1.61. The molecule has 3 aromatic carbocycles. The largest absolute Gasteiger partial charge is 0.495 e. The van der Waals surface area contributed by atoms with E-state index in [1.54, 1.807) is 6.07 Å². The van der Waals surface area contributed by atoms with Crippen LogP contribution in [0.15, 0.2) is 77.7 Å². The highest BCUT2D eigenvalue weighted by Gasteiger charge is 2.31. The molecule has 1 amide bonds. The van der Waals surface area contributed by atoms with Gasteiger partial charge in [-0.25, -0.2) is 18.1 Å². The van der Waals surface area contributed by atoms with E-state index in [4.69, 9.17) is 9.72 Å². The summed E-state index contributed by atoms with van der Waals surface area (Å²) in [6.45, 7) is 0. The number of para-hydroxylation sites is 2. The molecule has 1 saturated carbocycles. The van der Waals surface area contributed by atoms with Gasteiger partial charge < -0.3 is 14.6 Å². The second-order valence-corrected chi connectivity index (χ2v) is 10.3. The van der Waals surface area contributed by atoms with Crippen molar-refractivity contribution in [3.63, 3.8) is 0 Å². The number of imidazole rings is 1. The smallest absolute Gasteiger partial charge is 0.252 e. The zero-order valence-electron chi connectivity index (χ0n) is 19.4. The van der Waals surface area contributed by atoms with Crippen molar-refractivity contribution in [1.82, 2.24) is 19.6 Å². The fourth-order valence-corrected chi connectivity index (χ4v) is 5.59. The fourth-order valence-electron chi connectivity index (χ4n) is 4.09. The monoisotopic (exact) mass is 490 g/mol. The molecule has 0 bridgehead atoms. The van der Waals surface area contributed by atoms with Crippen LogP contribution in [-0.4, -0.2) is 37.0 Å². The zero-order chi connectivity index (χ0) is 24.6. The van der Waals surface area contributed by atoms with Crippen LogP contribution in [0.2, 0.25) is 0 Å². The molecule has 2 N–H and O–H groups in total. The highest BCUT2D eigenvalue weighted by molar-refractivity contribution is 7.89. The molecule has 1 aromatic heterocycles. The number of carbonyl (C=O) groups excluding carboxylic acids is 1. The van der Waals surface area contributed by atoms with Crippen molar-refractivity contribution in [3.05, 3.63) is 89.7 Å². The summed E-state index contributed by atoms with van der Waals surface area (Å²) >= 11 is 0. The number of hydrogen-bond donors (Lipinski definition) is 2. The van der Waals surface area contributed by atoms with Crippen LogP contribution in [0.5, 0.6) is 5.75 Å². The third-order valence-electron chi connectivity index (χ3n) is 6.10. The summed E-state index contributed by atoms with van der Waals surface area (Å²) in [4.78, 5) is 18.2. The minimum atomic E-state index is -3.82. The predicted octanol–water partition coefficient (Wildman–Crippen LogP) is 3.54. The molecule has 0 aliphatic heterocycles. The SMILES string of the molecule is COc1ccc(C(=O)NC(c2ccccc2)c2nc3ccccc3n2C)cc1S(=O)(=O)NC1CC1. The number of nitrogens with one attached hydrogen (secondary N) is 2. The Kier molecular flexibility index (Phi) is 6.04. The Morgan fingerprint density at radius 1 is 1.06 bits per heavy atom. The van der Waals surface area contributed by atoms with Gasteiger partial charge in [-0.1, -0.05) is 42.5 Å². The number of nitrogens with zero attached hydrogens (tertiary/aromatic N) is 2. The molecule has 1 unspecified atom stereocenters. The van der Waals surface area contributed by atoms with Gasteiger partial charge in [-0.05, 0) is 48.7 Å². The number of sulfonamides is 1. The van der Waals surface area contributed by atoms with E-state index < -0.39 is 22.0 Å². The molecule has 8 nitrogen and oxygen atoms in total. The van der Waals surface area contributed by atoms with Crippen LogP contribution in [0.25, 0.3) is 11.0 Å². The quantitative estimate of drug-likeness (QED) is 0.393. The van der Waals surface area contributed by atoms with Crippen LogP contribution in [-0.2, 0) is 17.1 Å². The first kappa shape index (κ1) is 23.1. The third-order valence-corrected chi connectivity index (χ3v) is 7.64. The topological polar surface area (TPSA) is 102 Å². The van der Waals surface area contributed by atoms with E-state index in [1.165, 1.54) is 19.2 Å². The Balaban J connectivity index is 1.52. The van der Waals surface area contributed by atoms with Gasteiger partial charge in [0.25, 0.3) is 5.91 Å². The molecule has 0 saturated heterocycles. The number of ether oxygens (including phenoxy) is 1. The molecule has 0 radical (unpaired) electrons. The standard InChI is InChI=1S/C26H26N4O4S/c1-30-21-11-7-6-10-20(21)27-25(30)24(17-8-4-3-5-9-17)28-26(31)18-12-15-22(34-2)23(16-18)35(32,33)29-19-13-14-19/h3-12,15-16,19,24,29H,13-14H2,1-2H3,(H,28,31). The van der Waals surface area contributed by atoms with E-state index in [9.17, 15) is 13.2 Å². The van der Waals surface area contributed by atoms with Crippen LogP contribution in [0.1, 0.15) is 40.6 Å². The number of rotatable bonds is 8. The average Bonchev–Trinajstić information content (AvgIpc) is 3.62. The van der Waals surface area contributed by atoms with Gasteiger partial charge in [0, 0.05) is 18.7 Å². The van der Waals surface area contributed by atoms with Crippen LogP contribution in [0, 0.1) is 0 Å². The maximum Gasteiger partial charge on any atom is 0.252 e. The molecule has 1 fully saturated rings. The number of methoxy groups -OCH3 is 1. The van der Waals surface area contributed by atoms with Crippen molar-refractivity contribution in [1.29, 1.82) is 0 Å². The van der Waals surface area contributed by atoms with Crippen LogP contribution < -0.4 is 14.8 Å². The van der Waals surface area contributed by atoms with E-state index >= 15 is 0 Å². The number of hydrogen-bond acceptors (Lipinski definition) is 5. The molecule has 1 atom stereocenters. The maximum absolute atomic E-state index is 13.4. The fraction of sp³-hybridized carbons (Fsp3) is 0.231. The van der Waals surface area contributed by atoms with E-state index in [1.807, 2.05) is 66.2 Å². The summed E-state index contributed by atoms with van der Waals surface area (Å²) in [5, 5.41) is 3.06. The molecule has 180 valence electrons. The summed E-state index contributed by atoms with van der Waals surface area (Å²) in [5.41, 5.74) is 2.84. The van der Waals surface area contributed by atoms with E-state index in [-0.39, 0.29) is 22.3 Å². The summed E-state index contributed by atoms with van der Waals surface area (Å²) < 4.78 is 35.7. The Labute approximate surface area is 204 Å². The first-order valence-electron chi connectivity index (χ1n) is 11.3. The second-order valence-electron chi connectivity index (χ2n) is 8.60. The Morgan fingerprint density at radius 2 is 1.77 bits per heavy atom. The Morgan fingerprint density at radius 3 is 2.46 bits per heavy atom. The highest BCUT2D eigenvalue weighted by atomic mass is 32.2. The van der Waals surface area contributed by atoms with Crippen molar-refractivity contribution in [2.45, 2.75) is 29.8 Å². The van der Waals surface area contributed by atoms with Crippen LogP contribution in [0.3, 0.4) is 0 Å². The maximum atomic E-state index is 13.4. The van der Waals surface area contributed by atoms with Gasteiger partial charge in [-0.15, -0.1) is 0 Å². The van der Waals surface area contributed by atoms with E-state index in [0.29, 0.717) is 5.82 Å². The molecule has 1 aliphatic rings. The van der Waals surface area contributed by atoms with Gasteiger partial charge in [-0.3, -0.25) is 4.79 Å². The first-order chi connectivity index (χ1) is 16.9. The van der Waals surface area contributed by atoms with E-state index in [2.05, 4.69) is 10.0 Å². The molecule has 0 spiro atoms. The lowest BCUT2D eigenvalue weighted by Crippen LogP contribution is -2.31. The van der Waals surface area contributed by atoms with E-state index in [0.717, 1.165) is 29.4 Å². The van der Waals surface area contributed by atoms with Gasteiger partial charge in [0.1, 0.15) is 22.5 Å². The molecule has 1 aliphatic carbocycles. The van der Waals surface area contributed by atoms with Gasteiger partial charge >= 0.3 is 0 Å².